The number of hydrogen-bond acceptors (Lipinski definition) is 3. The summed E-state index contributed by atoms with van der Waals surface area (Å²) in [6.07, 6.45) is 0. The second-order valence-corrected chi connectivity index (χ2v) is 4.57. The Morgan fingerprint density at radius 2 is 1.90 bits per heavy atom. The van der Waals surface area contributed by atoms with Crippen molar-refractivity contribution in [3.63, 3.8) is 0 Å². The van der Waals surface area contributed by atoms with E-state index in [9.17, 15) is 8.78 Å². The molecule has 0 saturated carbocycles. The van der Waals surface area contributed by atoms with Gasteiger partial charge in [0, 0.05) is 11.6 Å². The molecule has 20 heavy (non-hydrogen) atoms. The fourth-order valence-corrected chi connectivity index (χ4v) is 2.04. The molecular weight excluding hydrogens is 286 g/mol. The first kappa shape index (κ1) is 14.7. The molecule has 0 aromatic heterocycles. The zero-order valence-electron chi connectivity index (χ0n) is 10.7. The van der Waals surface area contributed by atoms with E-state index >= 15 is 0 Å². The molecule has 106 valence electrons. The highest BCUT2D eigenvalue weighted by atomic mass is 35.5. The molecule has 0 aliphatic carbocycles. The maximum Gasteiger partial charge on any atom is 0.142 e. The summed E-state index contributed by atoms with van der Waals surface area (Å²) in [5, 5.41) is -0.000255. The Morgan fingerprint density at radius 1 is 1.15 bits per heavy atom. The summed E-state index contributed by atoms with van der Waals surface area (Å²) in [5.74, 6) is 4.77. The van der Waals surface area contributed by atoms with Gasteiger partial charge < -0.3 is 4.74 Å². The maximum atomic E-state index is 14.0. The van der Waals surface area contributed by atoms with E-state index in [0.717, 1.165) is 0 Å². The number of ether oxygens (including phenoxy) is 1. The van der Waals surface area contributed by atoms with E-state index in [1.807, 2.05) is 0 Å². The molecule has 6 heteroatoms. The number of hydrazine groups is 1. The van der Waals surface area contributed by atoms with E-state index in [1.54, 1.807) is 12.1 Å². The molecular formula is C14H13ClF2N2O. The summed E-state index contributed by atoms with van der Waals surface area (Å²) >= 11 is 5.63. The van der Waals surface area contributed by atoms with Gasteiger partial charge in [0.25, 0.3) is 0 Å². The van der Waals surface area contributed by atoms with Crippen LogP contribution in [0, 0.1) is 11.6 Å². The Hall–Kier alpha value is -1.69. The zero-order valence-corrected chi connectivity index (χ0v) is 11.4. The Balaban J connectivity index is 2.43. The normalized spacial score (nSPS) is 12.2. The molecule has 2 rings (SSSR count). The van der Waals surface area contributed by atoms with Crippen LogP contribution in [0.25, 0.3) is 0 Å². The van der Waals surface area contributed by atoms with Crippen molar-refractivity contribution in [3.8, 4) is 5.75 Å². The summed E-state index contributed by atoms with van der Waals surface area (Å²) in [6, 6.07) is 7.90. The van der Waals surface area contributed by atoms with Gasteiger partial charge in [-0.2, -0.15) is 0 Å². The minimum Gasteiger partial charge on any atom is -0.497 e. The molecule has 0 heterocycles. The van der Waals surface area contributed by atoms with Crippen LogP contribution < -0.4 is 16.0 Å². The summed E-state index contributed by atoms with van der Waals surface area (Å²) in [4.78, 5) is 0. The van der Waals surface area contributed by atoms with Crippen molar-refractivity contribution in [2.24, 2.45) is 5.84 Å². The van der Waals surface area contributed by atoms with Gasteiger partial charge in [0.2, 0.25) is 0 Å². The number of rotatable bonds is 4. The van der Waals surface area contributed by atoms with Gasteiger partial charge in [-0.3, -0.25) is 5.84 Å². The van der Waals surface area contributed by atoms with Crippen LogP contribution in [0.5, 0.6) is 5.75 Å². The van der Waals surface area contributed by atoms with Crippen LogP contribution in [0.15, 0.2) is 36.4 Å². The molecule has 2 aromatic carbocycles. The topological polar surface area (TPSA) is 47.3 Å². The standard InChI is InChI=1S/C14H13ClF2N2O/c1-20-9-3-4-10(12(16)7-9)14(19-18)8-2-5-11(15)13(17)6-8/h2-7,14,19H,18H2,1H3. The van der Waals surface area contributed by atoms with E-state index in [-0.39, 0.29) is 10.6 Å². The second kappa shape index (κ2) is 6.17. The highest BCUT2D eigenvalue weighted by Crippen LogP contribution is 2.28. The van der Waals surface area contributed by atoms with Gasteiger partial charge in [0.1, 0.15) is 17.4 Å². The third kappa shape index (κ3) is 2.90. The fraction of sp³-hybridized carbons (Fsp3) is 0.143. The van der Waals surface area contributed by atoms with Crippen LogP contribution in [0.2, 0.25) is 5.02 Å². The first-order valence-electron chi connectivity index (χ1n) is 5.81. The molecule has 0 saturated heterocycles. The molecule has 3 nitrogen and oxygen atoms in total. The van der Waals surface area contributed by atoms with E-state index in [0.29, 0.717) is 11.3 Å². The van der Waals surface area contributed by atoms with Crippen molar-refractivity contribution in [2.75, 3.05) is 7.11 Å². The lowest BCUT2D eigenvalue weighted by atomic mass is 9.98. The van der Waals surface area contributed by atoms with Gasteiger partial charge in [-0.15, -0.1) is 0 Å². The molecule has 0 spiro atoms. The summed E-state index contributed by atoms with van der Waals surface area (Å²) < 4.78 is 32.5. The monoisotopic (exact) mass is 298 g/mol. The Morgan fingerprint density at radius 3 is 2.45 bits per heavy atom. The molecule has 0 aliphatic rings. The Labute approximate surface area is 120 Å². The number of hydrogen-bond donors (Lipinski definition) is 2. The lowest BCUT2D eigenvalue weighted by Gasteiger charge is -2.18. The first-order chi connectivity index (χ1) is 9.56. The largest absolute Gasteiger partial charge is 0.497 e. The molecule has 1 unspecified atom stereocenters. The lowest BCUT2D eigenvalue weighted by molar-refractivity contribution is 0.410. The van der Waals surface area contributed by atoms with Gasteiger partial charge >= 0.3 is 0 Å². The molecule has 0 radical (unpaired) electrons. The number of halogens is 3. The average Bonchev–Trinajstić information content (AvgIpc) is 2.45. The molecule has 0 aliphatic heterocycles. The summed E-state index contributed by atoms with van der Waals surface area (Å²) in [5.41, 5.74) is 3.23. The summed E-state index contributed by atoms with van der Waals surface area (Å²) in [7, 11) is 1.45. The summed E-state index contributed by atoms with van der Waals surface area (Å²) in [6.45, 7) is 0. The van der Waals surface area contributed by atoms with Crippen LogP contribution in [0.4, 0.5) is 8.78 Å². The third-order valence-electron chi connectivity index (χ3n) is 2.96. The van der Waals surface area contributed by atoms with Crippen LogP contribution in [0.3, 0.4) is 0 Å². The van der Waals surface area contributed by atoms with Crippen molar-refractivity contribution in [3.05, 3.63) is 64.2 Å². The van der Waals surface area contributed by atoms with Gasteiger partial charge in [-0.05, 0) is 23.8 Å². The zero-order chi connectivity index (χ0) is 14.7. The van der Waals surface area contributed by atoms with Crippen LogP contribution in [-0.2, 0) is 0 Å². The Bertz CT molecular complexity index is 622. The van der Waals surface area contributed by atoms with E-state index in [2.05, 4.69) is 5.43 Å². The SMILES string of the molecule is COc1ccc(C(NN)c2ccc(Cl)c(F)c2)c(F)c1. The van der Waals surface area contributed by atoms with E-state index in [4.69, 9.17) is 22.2 Å². The number of nitrogens with one attached hydrogen (secondary N) is 1. The van der Waals surface area contributed by atoms with Gasteiger partial charge in [0.05, 0.1) is 18.2 Å². The van der Waals surface area contributed by atoms with Crippen molar-refractivity contribution >= 4 is 11.6 Å². The molecule has 0 bridgehead atoms. The maximum absolute atomic E-state index is 14.0. The molecule has 0 fully saturated rings. The first-order valence-corrected chi connectivity index (χ1v) is 6.19. The quantitative estimate of drug-likeness (QED) is 0.673. The van der Waals surface area contributed by atoms with Crippen molar-refractivity contribution in [2.45, 2.75) is 6.04 Å². The van der Waals surface area contributed by atoms with Crippen molar-refractivity contribution in [1.29, 1.82) is 0 Å². The minimum absolute atomic E-state index is 0.000255. The molecule has 2 aromatic rings. The predicted octanol–water partition coefficient (Wildman–Crippen LogP) is 3.18. The van der Waals surface area contributed by atoms with Crippen LogP contribution >= 0.6 is 11.6 Å². The Kier molecular flexibility index (Phi) is 4.54. The number of benzene rings is 2. The fourth-order valence-electron chi connectivity index (χ4n) is 1.93. The molecule has 0 amide bonds. The van der Waals surface area contributed by atoms with Gasteiger partial charge in [0.15, 0.2) is 0 Å². The minimum atomic E-state index is -0.687. The lowest BCUT2D eigenvalue weighted by Crippen LogP contribution is -2.29. The van der Waals surface area contributed by atoms with Crippen molar-refractivity contribution in [1.82, 2.24) is 5.43 Å². The van der Waals surface area contributed by atoms with E-state index in [1.165, 1.54) is 31.4 Å². The van der Waals surface area contributed by atoms with E-state index < -0.39 is 17.7 Å². The van der Waals surface area contributed by atoms with Crippen LogP contribution in [0.1, 0.15) is 17.2 Å². The van der Waals surface area contributed by atoms with Gasteiger partial charge in [-0.25, -0.2) is 14.2 Å². The smallest absolute Gasteiger partial charge is 0.142 e. The predicted molar refractivity (Wildman–Crippen MR) is 73.5 cm³/mol. The highest BCUT2D eigenvalue weighted by molar-refractivity contribution is 6.30. The molecule has 1 atom stereocenters. The van der Waals surface area contributed by atoms with Crippen molar-refractivity contribution < 1.29 is 13.5 Å². The second-order valence-electron chi connectivity index (χ2n) is 4.16. The average molecular weight is 299 g/mol. The van der Waals surface area contributed by atoms with Gasteiger partial charge in [-0.1, -0.05) is 23.7 Å². The third-order valence-corrected chi connectivity index (χ3v) is 3.27. The highest BCUT2D eigenvalue weighted by Gasteiger charge is 2.18. The number of nitrogens with two attached hydrogens (primary N) is 1. The molecule has 3 N–H and O–H groups in total. The number of methoxy groups -OCH3 is 1. The van der Waals surface area contributed by atoms with Crippen LogP contribution in [-0.4, -0.2) is 7.11 Å².